The summed E-state index contributed by atoms with van der Waals surface area (Å²) in [6, 6.07) is 10.3. The van der Waals surface area contributed by atoms with Crippen molar-refractivity contribution in [3.05, 3.63) is 63.4 Å². The van der Waals surface area contributed by atoms with Crippen molar-refractivity contribution in [3.8, 4) is 0 Å². The first-order chi connectivity index (χ1) is 9.10. The van der Waals surface area contributed by atoms with Crippen LogP contribution < -0.4 is 5.73 Å². The largest absolute Gasteiger partial charge is 0.326 e. The monoisotopic (exact) mass is 315 g/mol. The van der Waals surface area contributed by atoms with Crippen LogP contribution in [0.5, 0.6) is 0 Å². The molecule has 0 amide bonds. The highest BCUT2D eigenvalue weighted by Crippen LogP contribution is 2.32. The molecular formula is C14H12Cl2FNS. The number of benzene rings is 2. The second-order valence-electron chi connectivity index (χ2n) is 3.99. The zero-order chi connectivity index (χ0) is 13.8. The molecule has 19 heavy (non-hydrogen) atoms. The minimum Gasteiger partial charge on any atom is -0.326 e. The zero-order valence-corrected chi connectivity index (χ0v) is 12.3. The first-order valence-corrected chi connectivity index (χ1v) is 7.39. The van der Waals surface area contributed by atoms with Crippen molar-refractivity contribution < 1.29 is 4.39 Å². The van der Waals surface area contributed by atoms with Crippen molar-refractivity contribution in [2.24, 2.45) is 5.73 Å². The Balaban J connectivity index is 2.12. The Kier molecular flexibility index (Phi) is 5.11. The first kappa shape index (κ1) is 14.7. The smallest absolute Gasteiger partial charge is 0.127 e. The average molecular weight is 316 g/mol. The minimum atomic E-state index is -0.267. The minimum absolute atomic E-state index is 0.197. The van der Waals surface area contributed by atoms with Gasteiger partial charge in [0.1, 0.15) is 5.82 Å². The van der Waals surface area contributed by atoms with Crippen LogP contribution in [0.4, 0.5) is 4.39 Å². The predicted molar refractivity (Wildman–Crippen MR) is 80.3 cm³/mol. The van der Waals surface area contributed by atoms with Crippen LogP contribution in [0.1, 0.15) is 11.1 Å². The van der Waals surface area contributed by atoms with Crippen LogP contribution in [0, 0.1) is 5.82 Å². The van der Waals surface area contributed by atoms with Crippen molar-refractivity contribution in [1.29, 1.82) is 0 Å². The third-order valence-electron chi connectivity index (χ3n) is 2.62. The third kappa shape index (κ3) is 3.86. The summed E-state index contributed by atoms with van der Waals surface area (Å²) in [5, 5.41) is 1.31. The van der Waals surface area contributed by atoms with Crippen LogP contribution >= 0.6 is 35.0 Å². The van der Waals surface area contributed by atoms with Gasteiger partial charge in [0.2, 0.25) is 0 Å². The third-order valence-corrected chi connectivity index (χ3v) is 4.42. The summed E-state index contributed by atoms with van der Waals surface area (Å²) in [6.45, 7) is 0.197. The van der Waals surface area contributed by atoms with Gasteiger partial charge in [0.15, 0.2) is 0 Å². The molecule has 0 spiro atoms. The Morgan fingerprint density at radius 3 is 2.63 bits per heavy atom. The van der Waals surface area contributed by atoms with E-state index in [1.807, 2.05) is 6.07 Å². The van der Waals surface area contributed by atoms with Crippen LogP contribution in [0.2, 0.25) is 10.0 Å². The predicted octanol–water partition coefficient (Wildman–Crippen LogP) is 4.88. The van der Waals surface area contributed by atoms with Gasteiger partial charge in [-0.2, -0.15) is 0 Å². The summed E-state index contributed by atoms with van der Waals surface area (Å²) in [4.78, 5) is 0.910. The Hall–Kier alpha value is -0.740. The maximum Gasteiger partial charge on any atom is 0.127 e. The molecular weight excluding hydrogens is 304 g/mol. The topological polar surface area (TPSA) is 26.0 Å². The molecule has 0 bridgehead atoms. The summed E-state index contributed by atoms with van der Waals surface area (Å²) < 4.78 is 13.3. The van der Waals surface area contributed by atoms with E-state index in [9.17, 15) is 4.39 Å². The van der Waals surface area contributed by atoms with E-state index in [0.29, 0.717) is 21.4 Å². The van der Waals surface area contributed by atoms with Gasteiger partial charge < -0.3 is 5.73 Å². The first-order valence-electron chi connectivity index (χ1n) is 5.65. The number of hydrogen-bond acceptors (Lipinski definition) is 2. The molecule has 2 N–H and O–H groups in total. The normalized spacial score (nSPS) is 10.7. The fraction of sp³-hybridized carbons (Fsp3) is 0.143. The van der Waals surface area contributed by atoms with Crippen molar-refractivity contribution in [2.75, 3.05) is 0 Å². The van der Waals surface area contributed by atoms with E-state index in [-0.39, 0.29) is 12.4 Å². The van der Waals surface area contributed by atoms with Gasteiger partial charge in [-0.3, -0.25) is 0 Å². The van der Waals surface area contributed by atoms with Crippen molar-refractivity contribution >= 4 is 35.0 Å². The van der Waals surface area contributed by atoms with Crippen molar-refractivity contribution in [2.45, 2.75) is 17.2 Å². The number of hydrogen-bond donors (Lipinski definition) is 1. The molecule has 1 nitrogen and oxygen atoms in total. The van der Waals surface area contributed by atoms with Crippen LogP contribution in [-0.2, 0) is 12.3 Å². The number of thioether (sulfide) groups is 1. The summed E-state index contributed by atoms with van der Waals surface area (Å²) in [7, 11) is 0. The molecule has 0 atom stereocenters. The highest BCUT2D eigenvalue weighted by molar-refractivity contribution is 7.98. The lowest BCUT2D eigenvalue weighted by Gasteiger charge is -2.07. The second kappa shape index (κ2) is 6.62. The lowest BCUT2D eigenvalue weighted by atomic mass is 10.1. The number of halogens is 3. The van der Waals surface area contributed by atoms with Crippen molar-refractivity contribution in [1.82, 2.24) is 0 Å². The molecule has 0 saturated heterocycles. The summed E-state index contributed by atoms with van der Waals surface area (Å²) in [5.41, 5.74) is 7.01. The van der Waals surface area contributed by atoms with E-state index in [1.54, 1.807) is 36.0 Å². The van der Waals surface area contributed by atoms with Gasteiger partial charge in [-0.25, -0.2) is 4.39 Å². The molecule has 0 aromatic heterocycles. The summed E-state index contributed by atoms with van der Waals surface area (Å²) >= 11 is 13.6. The van der Waals surface area contributed by atoms with Crippen LogP contribution in [0.25, 0.3) is 0 Å². The van der Waals surface area contributed by atoms with Crippen LogP contribution in [0.3, 0.4) is 0 Å². The van der Waals surface area contributed by atoms with Gasteiger partial charge in [-0.15, -0.1) is 11.8 Å². The van der Waals surface area contributed by atoms with Crippen LogP contribution in [0.15, 0.2) is 41.3 Å². The Bertz CT molecular complexity index is 590. The molecule has 0 aliphatic heterocycles. The Labute approximate surface area is 125 Å². The molecule has 100 valence electrons. The highest BCUT2D eigenvalue weighted by Gasteiger charge is 2.05. The quantitative estimate of drug-likeness (QED) is 0.813. The second-order valence-corrected chi connectivity index (χ2v) is 5.85. The van der Waals surface area contributed by atoms with E-state index >= 15 is 0 Å². The van der Waals surface area contributed by atoms with Gasteiger partial charge in [-0.05, 0) is 29.8 Å². The molecule has 0 aliphatic rings. The molecule has 0 unspecified atom stereocenters. The average Bonchev–Trinajstić information content (AvgIpc) is 2.41. The SMILES string of the molecule is NCc1cc(CSc2cc(Cl)ccc2Cl)ccc1F. The van der Waals surface area contributed by atoms with E-state index in [0.717, 1.165) is 10.5 Å². The van der Waals surface area contributed by atoms with E-state index in [2.05, 4.69) is 0 Å². The number of rotatable bonds is 4. The van der Waals surface area contributed by atoms with E-state index < -0.39 is 0 Å². The fourth-order valence-electron chi connectivity index (χ4n) is 1.62. The Morgan fingerprint density at radius 1 is 1.11 bits per heavy atom. The lowest BCUT2D eigenvalue weighted by molar-refractivity contribution is 0.610. The highest BCUT2D eigenvalue weighted by atomic mass is 35.5. The Morgan fingerprint density at radius 2 is 1.89 bits per heavy atom. The molecule has 2 rings (SSSR count). The molecule has 0 radical (unpaired) electrons. The van der Waals surface area contributed by atoms with Gasteiger partial charge in [0.05, 0.1) is 5.02 Å². The maximum absolute atomic E-state index is 13.3. The van der Waals surface area contributed by atoms with Gasteiger partial charge >= 0.3 is 0 Å². The van der Waals surface area contributed by atoms with Crippen LogP contribution in [-0.4, -0.2) is 0 Å². The molecule has 0 fully saturated rings. The van der Waals surface area contributed by atoms with Gasteiger partial charge in [0.25, 0.3) is 0 Å². The molecule has 2 aromatic rings. The molecule has 0 heterocycles. The molecule has 0 saturated carbocycles. The number of nitrogens with two attached hydrogens (primary N) is 1. The van der Waals surface area contributed by atoms with Crippen molar-refractivity contribution in [3.63, 3.8) is 0 Å². The van der Waals surface area contributed by atoms with E-state index in [1.165, 1.54) is 6.07 Å². The lowest BCUT2D eigenvalue weighted by Crippen LogP contribution is -2.00. The molecule has 5 heteroatoms. The van der Waals surface area contributed by atoms with E-state index in [4.69, 9.17) is 28.9 Å². The summed E-state index contributed by atoms with van der Waals surface area (Å²) in [6.07, 6.45) is 0. The zero-order valence-electron chi connectivity index (χ0n) is 10.00. The molecule has 2 aromatic carbocycles. The standard InChI is InChI=1S/C14H12Cl2FNS/c15-11-2-3-12(16)14(6-11)19-8-9-1-4-13(17)10(5-9)7-18/h1-6H,7-8,18H2. The molecule has 0 aliphatic carbocycles. The maximum atomic E-state index is 13.3. The summed E-state index contributed by atoms with van der Waals surface area (Å²) in [5.74, 6) is 0.421. The fourth-order valence-corrected chi connectivity index (χ4v) is 3.06. The van der Waals surface area contributed by atoms with Gasteiger partial charge in [0, 0.05) is 27.8 Å². The van der Waals surface area contributed by atoms with Gasteiger partial charge in [-0.1, -0.05) is 35.3 Å².